The second-order valence-corrected chi connectivity index (χ2v) is 4.16. The Hall–Kier alpha value is -1.31. The number of benzene rings is 1. The van der Waals surface area contributed by atoms with Crippen molar-refractivity contribution < 1.29 is 4.79 Å². The average Bonchev–Trinajstić information content (AvgIpc) is 2.27. The van der Waals surface area contributed by atoms with Crippen LogP contribution in [0.3, 0.4) is 0 Å². The van der Waals surface area contributed by atoms with Gasteiger partial charge in [0.25, 0.3) is 5.91 Å². The first kappa shape index (κ1) is 12.8. The molecule has 0 heterocycles. The van der Waals surface area contributed by atoms with Crippen LogP contribution in [0.1, 0.15) is 40.9 Å². The quantitative estimate of drug-likeness (QED) is 0.765. The van der Waals surface area contributed by atoms with Gasteiger partial charge in [0.15, 0.2) is 0 Å². The van der Waals surface area contributed by atoms with Crippen LogP contribution in [0.5, 0.6) is 0 Å². The summed E-state index contributed by atoms with van der Waals surface area (Å²) in [6.07, 6.45) is 0. The SMILES string of the molecule is CCN(CC)C(=O)c1ccc(C)c(C)c1C. The van der Waals surface area contributed by atoms with Gasteiger partial charge in [-0.05, 0) is 57.4 Å². The highest BCUT2D eigenvalue weighted by Gasteiger charge is 2.15. The minimum Gasteiger partial charge on any atom is -0.339 e. The first-order chi connectivity index (χ1) is 7.52. The summed E-state index contributed by atoms with van der Waals surface area (Å²) >= 11 is 0. The van der Waals surface area contributed by atoms with Gasteiger partial charge < -0.3 is 4.90 Å². The molecule has 0 aliphatic carbocycles. The second-order valence-electron chi connectivity index (χ2n) is 4.16. The van der Waals surface area contributed by atoms with Gasteiger partial charge in [-0.2, -0.15) is 0 Å². The van der Waals surface area contributed by atoms with Crippen molar-refractivity contribution >= 4 is 5.91 Å². The third-order valence-electron chi connectivity index (χ3n) is 3.34. The summed E-state index contributed by atoms with van der Waals surface area (Å²) in [7, 11) is 0. The van der Waals surface area contributed by atoms with Crippen molar-refractivity contribution in [2.24, 2.45) is 0 Å². The molecule has 1 rings (SSSR count). The summed E-state index contributed by atoms with van der Waals surface area (Å²) in [4.78, 5) is 14.1. The smallest absolute Gasteiger partial charge is 0.254 e. The van der Waals surface area contributed by atoms with Crippen molar-refractivity contribution in [2.75, 3.05) is 13.1 Å². The van der Waals surface area contributed by atoms with E-state index in [4.69, 9.17) is 0 Å². The third-order valence-corrected chi connectivity index (χ3v) is 3.34. The maximum Gasteiger partial charge on any atom is 0.254 e. The number of amides is 1. The van der Waals surface area contributed by atoms with Crippen molar-refractivity contribution in [3.05, 3.63) is 34.4 Å². The van der Waals surface area contributed by atoms with Crippen LogP contribution in [0.25, 0.3) is 0 Å². The lowest BCUT2D eigenvalue weighted by molar-refractivity contribution is 0.0772. The van der Waals surface area contributed by atoms with E-state index in [2.05, 4.69) is 13.8 Å². The maximum absolute atomic E-state index is 12.2. The maximum atomic E-state index is 12.2. The molecule has 0 unspecified atom stereocenters. The van der Waals surface area contributed by atoms with Crippen molar-refractivity contribution in [3.63, 3.8) is 0 Å². The fraction of sp³-hybridized carbons (Fsp3) is 0.500. The standard InChI is InChI=1S/C14H21NO/c1-6-15(7-2)14(16)13-9-8-10(3)11(4)12(13)5/h8-9H,6-7H2,1-5H3. The van der Waals surface area contributed by atoms with E-state index in [1.165, 1.54) is 11.1 Å². The van der Waals surface area contributed by atoms with Gasteiger partial charge in [0, 0.05) is 18.7 Å². The minimum atomic E-state index is 0.144. The highest BCUT2D eigenvalue weighted by Crippen LogP contribution is 2.18. The number of aryl methyl sites for hydroxylation is 1. The molecular weight excluding hydrogens is 198 g/mol. The van der Waals surface area contributed by atoms with Crippen molar-refractivity contribution in [1.82, 2.24) is 4.90 Å². The van der Waals surface area contributed by atoms with Gasteiger partial charge in [-0.3, -0.25) is 4.79 Å². The first-order valence-corrected chi connectivity index (χ1v) is 5.89. The molecule has 0 fully saturated rings. The third kappa shape index (κ3) is 2.26. The Balaban J connectivity index is 3.14. The summed E-state index contributed by atoms with van der Waals surface area (Å²) < 4.78 is 0. The molecule has 1 aromatic carbocycles. The average molecular weight is 219 g/mol. The van der Waals surface area contributed by atoms with E-state index >= 15 is 0 Å². The Morgan fingerprint density at radius 2 is 1.62 bits per heavy atom. The van der Waals surface area contributed by atoms with Gasteiger partial charge in [-0.15, -0.1) is 0 Å². The van der Waals surface area contributed by atoms with E-state index in [0.29, 0.717) is 0 Å². The molecule has 88 valence electrons. The molecule has 0 aliphatic rings. The van der Waals surface area contributed by atoms with E-state index in [1.807, 2.05) is 37.8 Å². The Kier molecular flexibility index (Phi) is 4.11. The molecule has 1 amide bonds. The van der Waals surface area contributed by atoms with Crippen LogP contribution in [0, 0.1) is 20.8 Å². The molecule has 0 radical (unpaired) electrons. The number of hydrogen-bond acceptors (Lipinski definition) is 1. The Morgan fingerprint density at radius 3 is 2.12 bits per heavy atom. The molecule has 0 aromatic heterocycles. The molecule has 0 N–H and O–H groups in total. The van der Waals surface area contributed by atoms with E-state index in [-0.39, 0.29) is 5.91 Å². The van der Waals surface area contributed by atoms with E-state index in [0.717, 1.165) is 24.2 Å². The van der Waals surface area contributed by atoms with Crippen LogP contribution in [-0.4, -0.2) is 23.9 Å². The summed E-state index contributed by atoms with van der Waals surface area (Å²) in [6.45, 7) is 11.7. The lowest BCUT2D eigenvalue weighted by Gasteiger charge is -2.20. The number of rotatable bonds is 3. The molecule has 1 aromatic rings. The number of hydrogen-bond donors (Lipinski definition) is 0. The van der Waals surface area contributed by atoms with Gasteiger partial charge in [0.1, 0.15) is 0 Å². The van der Waals surface area contributed by atoms with Crippen LogP contribution < -0.4 is 0 Å². The zero-order valence-electron chi connectivity index (χ0n) is 10.9. The van der Waals surface area contributed by atoms with Gasteiger partial charge in [0.2, 0.25) is 0 Å². The van der Waals surface area contributed by atoms with E-state index in [1.54, 1.807) is 0 Å². The van der Waals surface area contributed by atoms with Gasteiger partial charge in [0.05, 0.1) is 0 Å². The van der Waals surface area contributed by atoms with Gasteiger partial charge in [-0.1, -0.05) is 6.07 Å². The summed E-state index contributed by atoms with van der Waals surface area (Å²) in [6, 6.07) is 3.97. The van der Waals surface area contributed by atoms with Gasteiger partial charge >= 0.3 is 0 Å². The molecular formula is C14H21NO. The molecule has 16 heavy (non-hydrogen) atoms. The summed E-state index contributed by atoms with van der Waals surface area (Å²) in [5.41, 5.74) is 4.41. The molecule has 0 spiro atoms. The fourth-order valence-corrected chi connectivity index (χ4v) is 1.87. The Bertz CT molecular complexity index is 392. The Morgan fingerprint density at radius 1 is 1.06 bits per heavy atom. The fourth-order valence-electron chi connectivity index (χ4n) is 1.87. The molecule has 0 saturated heterocycles. The number of nitrogens with zero attached hydrogens (tertiary/aromatic N) is 1. The molecule has 2 heteroatoms. The van der Waals surface area contributed by atoms with Crippen molar-refractivity contribution in [1.29, 1.82) is 0 Å². The largest absolute Gasteiger partial charge is 0.339 e. The normalized spacial score (nSPS) is 10.3. The molecule has 2 nitrogen and oxygen atoms in total. The summed E-state index contributed by atoms with van der Waals surface area (Å²) in [5, 5.41) is 0. The van der Waals surface area contributed by atoms with Crippen LogP contribution in [0.15, 0.2) is 12.1 Å². The second kappa shape index (κ2) is 5.15. The highest BCUT2D eigenvalue weighted by atomic mass is 16.2. The minimum absolute atomic E-state index is 0.144. The van der Waals surface area contributed by atoms with Crippen molar-refractivity contribution in [2.45, 2.75) is 34.6 Å². The zero-order valence-corrected chi connectivity index (χ0v) is 10.9. The van der Waals surface area contributed by atoms with Crippen LogP contribution >= 0.6 is 0 Å². The van der Waals surface area contributed by atoms with Crippen molar-refractivity contribution in [3.8, 4) is 0 Å². The monoisotopic (exact) mass is 219 g/mol. The van der Waals surface area contributed by atoms with E-state index < -0.39 is 0 Å². The first-order valence-electron chi connectivity index (χ1n) is 5.89. The van der Waals surface area contributed by atoms with Crippen LogP contribution in [0.4, 0.5) is 0 Å². The lowest BCUT2D eigenvalue weighted by atomic mass is 9.98. The number of carbonyl (C=O) groups is 1. The highest BCUT2D eigenvalue weighted by molar-refractivity contribution is 5.96. The molecule has 0 aliphatic heterocycles. The predicted octanol–water partition coefficient (Wildman–Crippen LogP) is 3.09. The lowest BCUT2D eigenvalue weighted by Crippen LogP contribution is -2.31. The van der Waals surface area contributed by atoms with Crippen LogP contribution in [-0.2, 0) is 0 Å². The molecule has 0 bridgehead atoms. The van der Waals surface area contributed by atoms with Gasteiger partial charge in [-0.25, -0.2) is 0 Å². The molecule has 0 saturated carbocycles. The number of carbonyl (C=O) groups excluding carboxylic acids is 1. The Labute approximate surface area is 98.3 Å². The van der Waals surface area contributed by atoms with Crippen LogP contribution in [0.2, 0.25) is 0 Å². The molecule has 0 atom stereocenters. The zero-order chi connectivity index (χ0) is 12.3. The summed E-state index contributed by atoms with van der Waals surface area (Å²) in [5.74, 6) is 0.144. The van der Waals surface area contributed by atoms with E-state index in [9.17, 15) is 4.79 Å². The topological polar surface area (TPSA) is 20.3 Å². The predicted molar refractivity (Wildman–Crippen MR) is 67.9 cm³/mol.